The van der Waals surface area contributed by atoms with Crippen LogP contribution >= 0.6 is 0 Å². The number of methoxy groups -OCH3 is 1. The topological polar surface area (TPSA) is 62.2 Å². The molecule has 4 nitrogen and oxygen atoms in total. The van der Waals surface area contributed by atoms with E-state index >= 15 is 0 Å². The van der Waals surface area contributed by atoms with Crippen molar-refractivity contribution in [1.29, 1.82) is 5.41 Å². The molecule has 5 heteroatoms. The van der Waals surface area contributed by atoms with Gasteiger partial charge >= 0.3 is 5.97 Å². The van der Waals surface area contributed by atoms with Crippen LogP contribution in [0.15, 0.2) is 24.4 Å². The zero-order valence-corrected chi connectivity index (χ0v) is 11.2. The molecule has 0 amide bonds. The van der Waals surface area contributed by atoms with Crippen molar-refractivity contribution >= 4 is 17.3 Å². The van der Waals surface area contributed by atoms with Crippen LogP contribution in [-0.2, 0) is 4.74 Å². The highest BCUT2D eigenvalue weighted by Crippen LogP contribution is 2.20. The molecule has 0 bridgehead atoms. The van der Waals surface area contributed by atoms with Gasteiger partial charge in [0.1, 0.15) is 5.82 Å². The Bertz CT molecular complexity index is 524. The maximum Gasteiger partial charge on any atom is 0.337 e. The molecule has 1 aromatic rings. The quantitative estimate of drug-likeness (QED) is 0.634. The summed E-state index contributed by atoms with van der Waals surface area (Å²) in [4.78, 5) is 11.5. The van der Waals surface area contributed by atoms with Crippen LogP contribution in [0.4, 0.5) is 4.39 Å². The van der Waals surface area contributed by atoms with E-state index in [0.717, 1.165) is 6.07 Å². The molecule has 19 heavy (non-hydrogen) atoms. The van der Waals surface area contributed by atoms with Crippen molar-refractivity contribution in [3.05, 3.63) is 41.3 Å². The Kier molecular flexibility index (Phi) is 5.23. The zero-order valence-electron chi connectivity index (χ0n) is 11.2. The summed E-state index contributed by atoms with van der Waals surface area (Å²) in [6, 6.07) is 3.92. The fourth-order valence-corrected chi connectivity index (χ4v) is 1.66. The molecule has 0 atom stereocenters. The number of carbonyl (C=O) groups excluding carboxylic acids is 1. The van der Waals surface area contributed by atoms with Crippen molar-refractivity contribution < 1.29 is 13.9 Å². The molecule has 0 radical (unpaired) electrons. The van der Waals surface area contributed by atoms with E-state index in [9.17, 15) is 9.18 Å². The van der Waals surface area contributed by atoms with Crippen LogP contribution in [0.2, 0.25) is 0 Å². The number of ether oxygens (including phenoxy) is 1. The van der Waals surface area contributed by atoms with Crippen LogP contribution in [0, 0.1) is 11.2 Å². The van der Waals surface area contributed by atoms with Crippen molar-refractivity contribution in [2.45, 2.75) is 13.3 Å². The molecule has 102 valence electrons. The lowest BCUT2D eigenvalue weighted by molar-refractivity contribution is 0.0600. The summed E-state index contributed by atoms with van der Waals surface area (Å²) in [7, 11) is 2.94. The Morgan fingerprint density at radius 2 is 2.05 bits per heavy atom. The molecule has 0 heterocycles. The first-order valence-corrected chi connectivity index (χ1v) is 5.88. The molecule has 0 unspecified atom stereocenters. The number of hydrogen-bond acceptors (Lipinski definition) is 4. The lowest BCUT2D eigenvalue weighted by Crippen LogP contribution is -2.07. The molecule has 0 spiro atoms. The van der Waals surface area contributed by atoms with Gasteiger partial charge in [-0.15, -0.1) is 0 Å². The average molecular weight is 264 g/mol. The first-order chi connectivity index (χ1) is 9.03. The number of hydrogen-bond donors (Lipinski definition) is 2. The van der Waals surface area contributed by atoms with Crippen LogP contribution in [0.25, 0.3) is 5.57 Å². The minimum Gasteiger partial charge on any atom is -0.465 e. The van der Waals surface area contributed by atoms with Gasteiger partial charge in [-0.05, 0) is 30.2 Å². The summed E-state index contributed by atoms with van der Waals surface area (Å²) < 4.78 is 18.1. The van der Waals surface area contributed by atoms with E-state index in [2.05, 4.69) is 10.1 Å². The highest BCUT2D eigenvalue weighted by molar-refractivity contribution is 6.22. The Morgan fingerprint density at radius 3 is 2.58 bits per heavy atom. The van der Waals surface area contributed by atoms with Gasteiger partial charge in [-0.2, -0.15) is 0 Å². The number of carbonyl (C=O) groups is 1. The normalized spacial score (nSPS) is 11.1. The largest absolute Gasteiger partial charge is 0.465 e. The summed E-state index contributed by atoms with van der Waals surface area (Å²) in [5, 5.41) is 10.7. The maximum absolute atomic E-state index is 13.6. The van der Waals surface area contributed by atoms with E-state index in [1.807, 2.05) is 6.92 Å². The molecule has 1 aromatic carbocycles. The summed E-state index contributed by atoms with van der Waals surface area (Å²) in [5.41, 5.74) is 1.51. The molecule has 0 aromatic heterocycles. The SMILES string of the molecule is CCC(=N)/C(=C\NC)c1cc(F)cc(C(=O)OC)c1. The van der Waals surface area contributed by atoms with E-state index in [0.29, 0.717) is 23.3 Å². The highest BCUT2D eigenvalue weighted by atomic mass is 19.1. The number of benzene rings is 1. The number of allylic oxidation sites excluding steroid dienone is 1. The van der Waals surface area contributed by atoms with E-state index in [1.54, 1.807) is 13.2 Å². The van der Waals surface area contributed by atoms with Crippen molar-refractivity contribution in [3.63, 3.8) is 0 Å². The molecule has 0 aliphatic carbocycles. The van der Waals surface area contributed by atoms with Gasteiger partial charge in [-0.1, -0.05) is 6.92 Å². The first-order valence-electron chi connectivity index (χ1n) is 5.88. The minimum absolute atomic E-state index is 0.128. The Balaban J connectivity index is 3.32. The second-order valence-electron chi connectivity index (χ2n) is 3.90. The smallest absolute Gasteiger partial charge is 0.337 e. The fourth-order valence-electron chi connectivity index (χ4n) is 1.66. The molecule has 1 rings (SSSR count). The third-order valence-electron chi connectivity index (χ3n) is 2.60. The molecule has 2 N–H and O–H groups in total. The summed E-state index contributed by atoms with van der Waals surface area (Å²) in [6.45, 7) is 1.84. The van der Waals surface area contributed by atoms with Gasteiger partial charge in [0.15, 0.2) is 0 Å². The van der Waals surface area contributed by atoms with E-state index < -0.39 is 11.8 Å². The van der Waals surface area contributed by atoms with Gasteiger partial charge in [0.2, 0.25) is 0 Å². The van der Waals surface area contributed by atoms with Crippen LogP contribution < -0.4 is 5.32 Å². The van der Waals surface area contributed by atoms with Gasteiger partial charge in [0.05, 0.1) is 12.7 Å². The van der Waals surface area contributed by atoms with Gasteiger partial charge in [-0.25, -0.2) is 9.18 Å². The van der Waals surface area contributed by atoms with Crippen LogP contribution in [0.1, 0.15) is 29.3 Å². The third kappa shape index (κ3) is 3.64. The van der Waals surface area contributed by atoms with Crippen molar-refractivity contribution in [3.8, 4) is 0 Å². The summed E-state index contributed by atoms with van der Waals surface area (Å²) in [6.07, 6.45) is 2.12. The summed E-state index contributed by atoms with van der Waals surface area (Å²) in [5.74, 6) is -1.14. The minimum atomic E-state index is -0.604. The number of esters is 1. The molecule has 0 aliphatic rings. The molecular weight excluding hydrogens is 247 g/mol. The second-order valence-corrected chi connectivity index (χ2v) is 3.90. The van der Waals surface area contributed by atoms with Gasteiger partial charge < -0.3 is 15.5 Å². The fraction of sp³-hybridized carbons (Fsp3) is 0.286. The standard InChI is InChI=1S/C14H17FN2O2/c1-4-13(16)12(8-17-2)9-5-10(14(18)19-3)7-11(15)6-9/h5-8,16-17H,4H2,1-3H3/b12-8-,16-13?. The maximum atomic E-state index is 13.6. The van der Waals surface area contributed by atoms with Crippen molar-refractivity contribution in [2.75, 3.05) is 14.2 Å². The summed E-state index contributed by atoms with van der Waals surface area (Å²) >= 11 is 0. The number of halogens is 1. The second kappa shape index (κ2) is 6.68. The zero-order chi connectivity index (χ0) is 14.4. The van der Waals surface area contributed by atoms with Gasteiger partial charge in [-0.3, -0.25) is 0 Å². The lowest BCUT2D eigenvalue weighted by Gasteiger charge is -2.10. The van der Waals surface area contributed by atoms with Gasteiger partial charge in [0.25, 0.3) is 0 Å². The predicted octanol–water partition coefficient (Wildman–Crippen LogP) is 2.60. The molecule has 0 aliphatic heterocycles. The Labute approximate surface area is 111 Å². The molecule has 0 saturated carbocycles. The van der Waals surface area contributed by atoms with Crippen LogP contribution in [0.5, 0.6) is 0 Å². The van der Waals surface area contributed by atoms with Crippen molar-refractivity contribution in [2.24, 2.45) is 0 Å². The Hall–Kier alpha value is -2.17. The third-order valence-corrected chi connectivity index (χ3v) is 2.60. The van der Waals surface area contributed by atoms with Crippen molar-refractivity contribution in [1.82, 2.24) is 5.32 Å². The molecular formula is C14H17FN2O2. The van der Waals surface area contributed by atoms with E-state index in [-0.39, 0.29) is 5.56 Å². The lowest BCUT2D eigenvalue weighted by atomic mass is 9.98. The highest BCUT2D eigenvalue weighted by Gasteiger charge is 2.13. The Morgan fingerprint density at radius 1 is 1.42 bits per heavy atom. The van der Waals surface area contributed by atoms with Crippen LogP contribution in [-0.4, -0.2) is 25.8 Å². The van der Waals surface area contributed by atoms with Gasteiger partial charge in [0, 0.05) is 24.5 Å². The number of nitrogens with one attached hydrogen (secondary N) is 2. The monoisotopic (exact) mass is 264 g/mol. The molecule has 0 fully saturated rings. The van der Waals surface area contributed by atoms with E-state index in [1.165, 1.54) is 19.2 Å². The average Bonchev–Trinajstić information content (AvgIpc) is 2.42. The predicted molar refractivity (Wildman–Crippen MR) is 72.8 cm³/mol. The first kappa shape index (κ1) is 14.9. The van der Waals surface area contributed by atoms with E-state index in [4.69, 9.17) is 5.41 Å². The molecule has 0 saturated heterocycles. The number of rotatable bonds is 5. The van der Waals surface area contributed by atoms with Crippen LogP contribution in [0.3, 0.4) is 0 Å².